The molecule has 0 bridgehead atoms. The van der Waals surface area contributed by atoms with Gasteiger partial charge in [0.25, 0.3) is 0 Å². The van der Waals surface area contributed by atoms with Crippen molar-refractivity contribution in [3.63, 3.8) is 0 Å². The quantitative estimate of drug-likeness (QED) is 0.141. The number of methoxy groups -OCH3 is 1. The second-order valence-corrected chi connectivity index (χ2v) is 12.2. The van der Waals surface area contributed by atoms with E-state index >= 15 is 0 Å². The van der Waals surface area contributed by atoms with Crippen LogP contribution in [0.3, 0.4) is 0 Å². The van der Waals surface area contributed by atoms with Crippen molar-refractivity contribution in [2.75, 3.05) is 27.7 Å². The van der Waals surface area contributed by atoms with Crippen molar-refractivity contribution in [1.29, 1.82) is 0 Å². The number of ether oxygens (including phenoxy) is 1. The van der Waals surface area contributed by atoms with Gasteiger partial charge in [-0.3, -0.25) is 0 Å². The zero-order chi connectivity index (χ0) is 29.5. The molecule has 0 amide bonds. The highest BCUT2D eigenvalue weighted by Crippen LogP contribution is 2.48. The van der Waals surface area contributed by atoms with Crippen LogP contribution in [-0.2, 0) is 5.60 Å². The van der Waals surface area contributed by atoms with Gasteiger partial charge in [-0.05, 0) is 86.1 Å². The minimum absolute atomic E-state index is 0.413. The van der Waals surface area contributed by atoms with Gasteiger partial charge in [-0.2, -0.15) is 0 Å². The maximum atomic E-state index is 13.2. The standard InChI is InChI=1S/C37H39BrN2O2/c1-40(2)23-12-6-11-22-37(41,31-19-13-18-29(24-31)27-14-7-4-8-15-27)35(28-16-9-5-10-17-28)33-26-30-25-32(38)20-21-34(30)39-36(33)42-3/h4-5,7-10,13-21,24-26,35,41H,6,11-12,22-23H2,1-3H3. The van der Waals surface area contributed by atoms with Gasteiger partial charge >= 0.3 is 0 Å². The smallest absolute Gasteiger partial charge is 0.217 e. The number of rotatable bonds is 12. The van der Waals surface area contributed by atoms with E-state index in [0.29, 0.717) is 12.3 Å². The zero-order valence-corrected chi connectivity index (χ0v) is 26.2. The van der Waals surface area contributed by atoms with Gasteiger partial charge < -0.3 is 14.7 Å². The van der Waals surface area contributed by atoms with Crippen LogP contribution in [0.15, 0.2) is 114 Å². The number of hydrogen-bond acceptors (Lipinski definition) is 4. The van der Waals surface area contributed by atoms with E-state index in [-0.39, 0.29) is 0 Å². The van der Waals surface area contributed by atoms with Gasteiger partial charge in [0.15, 0.2) is 0 Å². The van der Waals surface area contributed by atoms with Crippen LogP contribution in [0.4, 0.5) is 0 Å². The van der Waals surface area contributed by atoms with Gasteiger partial charge in [0, 0.05) is 21.3 Å². The van der Waals surface area contributed by atoms with Crippen LogP contribution in [0, 0.1) is 0 Å². The average Bonchev–Trinajstić information content (AvgIpc) is 3.01. The summed E-state index contributed by atoms with van der Waals surface area (Å²) in [5, 5.41) is 14.2. The maximum absolute atomic E-state index is 13.2. The molecule has 4 nitrogen and oxygen atoms in total. The van der Waals surface area contributed by atoms with Crippen LogP contribution in [-0.4, -0.2) is 42.7 Å². The molecule has 0 aliphatic heterocycles. The van der Waals surface area contributed by atoms with Crippen molar-refractivity contribution >= 4 is 26.8 Å². The molecule has 5 rings (SSSR count). The van der Waals surface area contributed by atoms with E-state index in [1.54, 1.807) is 7.11 Å². The minimum atomic E-state index is -1.22. The van der Waals surface area contributed by atoms with Crippen molar-refractivity contribution in [2.24, 2.45) is 0 Å². The lowest BCUT2D eigenvalue weighted by Gasteiger charge is -2.38. The second-order valence-electron chi connectivity index (χ2n) is 11.3. The minimum Gasteiger partial charge on any atom is -0.481 e. The van der Waals surface area contributed by atoms with Crippen LogP contribution in [0.1, 0.15) is 48.3 Å². The lowest BCUT2D eigenvalue weighted by molar-refractivity contribution is 0.00698. The number of aromatic nitrogens is 1. The van der Waals surface area contributed by atoms with Crippen LogP contribution in [0.2, 0.25) is 0 Å². The van der Waals surface area contributed by atoms with Crippen LogP contribution in [0.25, 0.3) is 22.0 Å². The average molecular weight is 624 g/mol. The van der Waals surface area contributed by atoms with Crippen molar-refractivity contribution < 1.29 is 9.84 Å². The zero-order valence-electron chi connectivity index (χ0n) is 24.6. The Morgan fingerprint density at radius 2 is 1.52 bits per heavy atom. The molecule has 0 aliphatic carbocycles. The molecule has 5 heteroatoms. The molecule has 0 saturated carbocycles. The molecule has 4 aromatic carbocycles. The van der Waals surface area contributed by atoms with Crippen molar-refractivity contribution in [3.8, 4) is 17.0 Å². The Labute approximate surface area is 258 Å². The summed E-state index contributed by atoms with van der Waals surface area (Å²) in [6.07, 6.45) is 3.59. The first-order chi connectivity index (χ1) is 20.4. The first-order valence-electron chi connectivity index (χ1n) is 14.6. The second kappa shape index (κ2) is 13.6. The number of benzene rings is 4. The fourth-order valence-corrected chi connectivity index (χ4v) is 6.31. The first kappa shape index (κ1) is 30.0. The Morgan fingerprint density at radius 3 is 2.24 bits per heavy atom. The summed E-state index contributed by atoms with van der Waals surface area (Å²) in [6, 6.07) is 37.3. The Morgan fingerprint density at radius 1 is 0.810 bits per heavy atom. The van der Waals surface area contributed by atoms with E-state index in [1.165, 1.54) is 0 Å². The molecule has 0 saturated heterocycles. The third kappa shape index (κ3) is 6.75. The molecule has 5 aromatic rings. The molecule has 1 heterocycles. The largest absolute Gasteiger partial charge is 0.481 e. The summed E-state index contributed by atoms with van der Waals surface area (Å²) >= 11 is 3.63. The van der Waals surface area contributed by atoms with Gasteiger partial charge in [0.05, 0.1) is 12.6 Å². The van der Waals surface area contributed by atoms with E-state index < -0.39 is 11.5 Å². The third-order valence-corrected chi connectivity index (χ3v) is 8.51. The summed E-state index contributed by atoms with van der Waals surface area (Å²) in [7, 11) is 5.87. The number of nitrogens with zero attached hydrogens (tertiary/aromatic N) is 2. The monoisotopic (exact) mass is 622 g/mol. The van der Waals surface area contributed by atoms with E-state index in [1.807, 2.05) is 36.4 Å². The molecular weight excluding hydrogens is 584 g/mol. The summed E-state index contributed by atoms with van der Waals surface area (Å²) in [5.41, 5.74) is 4.62. The summed E-state index contributed by atoms with van der Waals surface area (Å²) in [4.78, 5) is 7.14. The van der Waals surface area contributed by atoms with E-state index in [9.17, 15) is 5.11 Å². The van der Waals surface area contributed by atoms with Crippen LogP contribution in [0.5, 0.6) is 5.88 Å². The number of unbranched alkanes of at least 4 members (excludes halogenated alkanes) is 2. The lowest BCUT2D eigenvalue weighted by Crippen LogP contribution is -2.35. The van der Waals surface area contributed by atoms with Gasteiger partial charge in [-0.25, -0.2) is 4.98 Å². The van der Waals surface area contributed by atoms with Gasteiger partial charge in [0.2, 0.25) is 5.88 Å². The predicted molar refractivity (Wildman–Crippen MR) is 177 cm³/mol. The molecule has 216 valence electrons. The van der Waals surface area contributed by atoms with E-state index in [0.717, 1.165) is 69.0 Å². The number of aliphatic hydroxyl groups is 1. The van der Waals surface area contributed by atoms with Crippen molar-refractivity contribution in [3.05, 3.63) is 130 Å². The fourth-order valence-electron chi connectivity index (χ4n) is 5.93. The van der Waals surface area contributed by atoms with Crippen molar-refractivity contribution in [2.45, 2.75) is 37.2 Å². The SMILES string of the molecule is COc1nc2ccc(Br)cc2cc1C(c1ccccc1)C(O)(CCCCCN(C)C)c1cccc(-c2ccccc2)c1. The number of pyridine rings is 1. The Hall–Kier alpha value is -3.51. The summed E-state index contributed by atoms with van der Waals surface area (Å²) in [5.74, 6) is 0.119. The first-order valence-corrected chi connectivity index (χ1v) is 15.4. The predicted octanol–water partition coefficient (Wildman–Crippen LogP) is 8.81. The maximum Gasteiger partial charge on any atom is 0.217 e. The van der Waals surface area contributed by atoms with Gasteiger partial charge in [0.1, 0.15) is 5.60 Å². The van der Waals surface area contributed by atoms with Crippen LogP contribution < -0.4 is 4.74 Å². The summed E-state index contributed by atoms with van der Waals surface area (Å²) in [6.45, 7) is 1.03. The Bertz CT molecular complexity index is 1610. The van der Waals surface area contributed by atoms with Crippen molar-refractivity contribution in [1.82, 2.24) is 9.88 Å². The molecule has 0 radical (unpaired) electrons. The molecule has 1 N–H and O–H groups in total. The number of fused-ring (bicyclic) bond motifs is 1. The molecule has 0 spiro atoms. The van der Waals surface area contributed by atoms with E-state index in [4.69, 9.17) is 9.72 Å². The molecule has 2 unspecified atom stereocenters. The number of halogens is 1. The van der Waals surface area contributed by atoms with Gasteiger partial charge in [-0.15, -0.1) is 0 Å². The molecule has 1 aromatic heterocycles. The highest BCUT2D eigenvalue weighted by molar-refractivity contribution is 9.10. The lowest BCUT2D eigenvalue weighted by atomic mass is 9.70. The molecule has 42 heavy (non-hydrogen) atoms. The fraction of sp³-hybridized carbons (Fsp3) is 0.270. The number of hydrogen-bond donors (Lipinski definition) is 1. The highest BCUT2D eigenvalue weighted by Gasteiger charge is 2.42. The van der Waals surface area contributed by atoms with Crippen LogP contribution >= 0.6 is 15.9 Å². The third-order valence-electron chi connectivity index (χ3n) is 8.02. The van der Waals surface area contributed by atoms with E-state index in [2.05, 4.69) is 108 Å². The van der Waals surface area contributed by atoms with Gasteiger partial charge in [-0.1, -0.05) is 108 Å². The molecule has 0 fully saturated rings. The molecule has 2 atom stereocenters. The Balaban J connectivity index is 1.69. The highest BCUT2D eigenvalue weighted by atomic mass is 79.9. The topological polar surface area (TPSA) is 45.6 Å². The molecule has 0 aliphatic rings. The normalized spacial score (nSPS) is 13.7. The Kier molecular flexibility index (Phi) is 9.73. The summed E-state index contributed by atoms with van der Waals surface area (Å²) < 4.78 is 6.92. The molecular formula is C37H39BrN2O2.